The Morgan fingerprint density at radius 2 is 1.88 bits per heavy atom. The average Bonchev–Trinajstić information content (AvgIpc) is 2.57. The van der Waals surface area contributed by atoms with Gasteiger partial charge < -0.3 is 10.3 Å². The van der Waals surface area contributed by atoms with E-state index in [1.165, 1.54) is 33.3 Å². The van der Waals surface area contributed by atoms with E-state index in [1.54, 1.807) is 0 Å². The van der Waals surface area contributed by atoms with Crippen LogP contribution in [0.15, 0.2) is 12.1 Å². The van der Waals surface area contributed by atoms with Crippen LogP contribution in [-0.2, 0) is 13.0 Å². The first-order valence-electron chi connectivity index (χ1n) is 5.57. The third-order valence-electron chi connectivity index (χ3n) is 3.46. The lowest BCUT2D eigenvalue weighted by molar-refractivity contribution is 0.641. The van der Waals surface area contributed by atoms with Gasteiger partial charge in [-0.2, -0.15) is 0 Å². The molecule has 0 fully saturated rings. The number of hydrogen-bond acceptors (Lipinski definition) is 1. The second-order valence-electron chi connectivity index (χ2n) is 4.49. The molecule has 0 atom stereocenters. The number of nitrogens with one attached hydrogen (secondary N) is 2. The number of aromatic nitrogens is 1. The highest BCUT2D eigenvalue weighted by atomic mass is 35.5. The summed E-state index contributed by atoms with van der Waals surface area (Å²) in [6.45, 7) is 6.47. The van der Waals surface area contributed by atoms with E-state index in [9.17, 15) is 0 Å². The SMILES string of the molecule is Cc1cc2[nH]c3c(c2cc1C)CNCC3.Cl. The molecule has 1 aliphatic rings. The molecule has 2 nitrogen and oxygen atoms in total. The Labute approximate surface area is 102 Å². The van der Waals surface area contributed by atoms with E-state index in [-0.39, 0.29) is 12.4 Å². The van der Waals surface area contributed by atoms with E-state index in [1.807, 2.05) is 0 Å². The minimum atomic E-state index is 0. The molecule has 0 spiro atoms. The Morgan fingerprint density at radius 3 is 2.69 bits per heavy atom. The van der Waals surface area contributed by atoms with Crippen LogP contribution in [0.4, 0.5) is 0 Å². The smallest absolute Gasteiger partial charge is 0.0462 e. The molecular formula is C13H17ClN2. The Balaban J connectivity index is 0.000000963. The summed E-state index contributed by atoms with van der Waals surface area (Å²) in [7, 11) is 0. The molecule has 0 radical (unpaired) electrons. The van der Waals surface area contributed by atoms with Gasteiger partial charge in [0.1, 0.15) is 0 Å². The minimum Gasteiger partial charge on any atom is -0.358 e. The van der Waals surface area contributed by atoms with Crippen LogP contribution in [-0.4, -0.2) is 11.5 Å². The van der Waals surface area contributed by atoms with Crippen molar-refractivity contribution in [2.24, 2.45) is 0 Å². The minimum absolute atomic E-state index is 0. The summed E-state index contributed by atoms with van der Waals surface area (Å²) < 4.78 is 0. The molecule has 1 aromatic carbocycles. The molecular weight excluding hydrogens is 220 g/mol. The number of fused-ring (bicyclic) bond motifs is 3. The van der Waals surface area contributed by atoms with Crippen molar-refractivity contribution >= 4 is 23.3 Å². The summed E-state index contributed by atoms with van der Waals surface area (Å²) in [5.74, 6) is 0. The number of halogens is 1. The number of rotatable bonds is 0. The van der Waals surface area contributed by atoms with Gasteiger partial charge in [0, 0.05) is 36.1 Å². The molecule has 3 rings (SSSR count). The standard InChI is InChI=1S/C13H16N2.ClH/c1-8-5-10-11-7-14-4-3-12(11)15-13(10)6-9(8)2;/h5-6,14-15H,3-4,7H2,1-2H3;1H. The number of hydrogen-bond donors (Lipinski definition) is 2. The van der Waals surface area contributed by atoms with E-state index in [0.29, 0.717) is 0 Å². The zero-order chi connectivity index (χ0) is 10.4. The lowest BCUT2D eigenvalue weighted by atomic mass is 10.0. The molecule has 2 N–H and O–H groups in total. The van der Waals surface area contributed by atoms with Crippen molar-refractivity contribution in [1.29, 1.82) is 0 Å². The zero-order valence-corrected chi connectivity index (χ0v) is 10.5. The molecule has 3 heteroatoms. The van der Waals surface area contributed by atoms with Gasteiger partial charge in [0.15, 0.2) is 0 Å². The van der Waals surface area contributed by atoms with Gasteiger partial charge in [0.2, 0.25) is 0 Å². The van der Waals surface area contributed by atoms with Crippen LogP contribution in [0.5, 0.6) is 0 Å². The quantitative estimate of drug-likeness (QED) is 0.723. The van der Waals surface area contributed by atoms with Gasteiger partial charge >= 0.3 is 0 Å². The second-order valence-corrected chi connectivity index (χ2v) is 4.49. The van der Waals surface area contributed by atoms with Crippen molar-refractivity contribution in [3.8, 4) is 0 Å². The summed E-state index contributed by atoms with van der Waals surface area (Å²) in [4.78, 5) is 3.54. The number of H-pyrrole nitrogens is 1. The Kier molecular flexibility index (Phi) is 2.96. The zero-order valence-electron chi connectivity index (χ0n) is 9.68. The van der Waals surface area contributed by atoms with Crippen LogP contribution in [0.2, 0.25) is 0 Å². The van der Waals surface area contributed by atoms with Crippen molar-refractivity contribution in [2.75, 3.05) is 6.54 Å². The fraction of sp³-hybridized carbons (Fsp3) is 0.385. The average molecular weight is 237 g/mol. The summed E-state index contributed by atoms with van der Waals surface area (Å²) >= 11 is 0. The van der Waals surface area contributed by atoms with Crippen LogP contribution in [0, 0.1) is 13.8 Å². The highest BCUT2D eigenvalue weighted by Gasteiger charge is 2.15. The van der Waals surface area contributed by atoms with Gasteiger partial charge in [-0.25, -0.2) is 0 Å². The Hall–Kier alpha value is -0.990. The molecule has 2 aromatic rings. The fourth-order valence-corrected chi connectivity index (χ4v) is 2.41. The van der Waals surface area contributed by atoms with Crippen molar-refractivity contribution in [3.63, 3.8) is 0 Å². The highest BCUT2D eigenvalue weighted by Crippen LogP contribution is 2.27. The first-order chi connectivity index (χ1) is 7.25. The highest BCUT2D eigenvalue weighted by molar-refractivity contribution is 5.86. The van der Waals surface area contributed by atoms with Crippen LogP contribution in [0.3, 0.4) is 0 Å². The predicted octanol–water partition coefficient (Wildman–Crippen LogP) is 2.85. The van der Waals surface area contributed by atoms with E-state index in [2.05, 4.69) is 36.3 Å². The normalized spacial score (nSPS) is 14.6. The molecule has 16 heavy (non-hydrogen) atoms. The topological polar surface area (TPSA) is 27.8 Å². The van der Waals surface area contributed by atoms with Crippen molar-refractivity contribution in [2.45, 2.75) is 26.8 Å². The van der Waals surface area contributed by atoms with E-state index in [4.69, 9.17) is 0 Å². The Bertz CT molecular complexity index is 528. The summed E-state index contributed by atoms with van der Waals surface area (Å²) in [5.41, 5.74) is 6.95. The van der Waals surface area contributed by atoms with Gasteiger partial charge in [-0.15, -0.1) is 12.4 Å². The molecule has 2 heterocycles. The molecule has 0 saturated heterocycles. The maximum absolute atomic E-state index is 3.54. The second kappa shape index (κ2) is 4.11. The first-order valence-corrected chi connectivity index (χ1v) is 5.57. The van der Waals surface area contributed by atoms with Gasteiger partial charge in [-0.1, -0.05) is 0 Å². The third kappa shape index (κ3) is 1.62. The largest absolute Gasteiger partial charge is 0.358 e. The molecule has 0 unspecified atom stereocenters. The summed E-state index contributed by atoms with van der Waals surface area (Å²) in [5, 5.41) is 4.84. The summed E-state index contributed by atoms with van der Waals surface area (Å²) in [6.07, 6.45) is 1.13. The van der Waals surface area contributed by atoms with Gasteiger partial charge in [0.25, 0.3) is 0 Å². The van der Waals surface area contributed by atoms with Gasteiger partial charge in [0.05, 0.1) is 0 Å². The third-order valence-corrected chi connectivity index (χ3v) is 3.46. The van der Waals surface area contributed by atoms with Crippen LogP contribution in [0.25, 0.3) is 10.9 Å². The number of aryl methyl sites for hydroxylation is 2. The molecule has 0 amide bonds. The molecule has 1 aromatic heterocycles. The number of aromatic amines is 1. The van der Waals surface area contributed by atoms with Crippen molar-refractivity contribution < 1.29 is 0 Å². The van der Waals surface area contributed by atoms with Crippen molar-refractivity contribution in [1.82, 2.24) is 10.3 Å². The van der Waals surface area contributed by atoms with Crippen LogP contribution in [0.1, 0.15) is 22.4 Å². The lowest BCUT2D eigenvalue weighted by Crippen LogP contribution is -2.22. The molecule has 0 bridgehead atoms. The first kappa shape index (κ1) is 11.5. The fourth-order valence-electron chi connectivity index (χ4n) is 2.41. The monoisotopic (exact) mass is 236 g/mol. The molecule has 86 valence electrons. The van der Waals surface area contributed by atoms with Gasteiger partial charge in [-0.3, -0.25) is 0 Å². The molecule has 0 aliphatic carbocycles. The van der Waals surface area contributed by atoms with Crippen LogP contribution < -0.4 is 5.32 Å². The maximum atomic E-state index is 3.54. The predicted molar refractivity (Wildman–Crippen MR) is 70.4 cm³/mol. The van der Waals surface area contributed by atoms with E-state index >= 15 is 0 Å². The van der Waals surface area contributed by atoms with E-state index < -0.39 is 0 Å². The molecule has 1 aliphatic heterocycles. The lowest BCUT2D eigenvalue weighted by Gasteiger charge is -2.12. The van der Waals surface area contributed by atoms with Crippen molar-refractivity contribution in [3.05, 3.63) is 34.5 Å². The Morgan fingerprint density at radius 1 is 1.12 bits per heavy atom. The summed E-state index contributed by atoms with van der Waals surface area (Å²) in [6, 6.07) is 4.58. The van der Waals surface area contributed by atoms with Gasteiger partial charge in [-0.05, 0) is 42.7 Å². The van der Waals surface area contributed by atoms with E-state index in [0.717, 1.165) is 19.5 Å². The molecule has 0 saturated carbocycles. The number of benzene rings is 1. The van der Waals surface area contributed by atoms with Crippen LogP contribution >= 0.6 is 12.4 Å². The maximum Gasteiger partial charge on any atom is 0.0462 e.